The van der Waals surface area contributed by atoms with E-state index >= 15 is 0 Å². The van der Waals surface area contributed by atoms with Crippen molar-refractivity contribution in [1.82, 2.24) is 29.6 Å². The minimum Gasteiger partial charge on any atom is -0.395 e. The van der Waals surface area contributed by atoms with Crippen LogP contribution in [0.4, 0.5) is 11.6 Å². The lowest BCUT2D eigenvalue weighted by Gasteiger charge is -2.37. The van der Waals surface area contributed by atoms with E-state index in [1.807, 2.05) is 18.2 Å². The van der Waals surface area contributed by atoms with Gasteiger partial charge in [0.2, 0.25) is 5.95 Å². The molecular weight excluding hydrogens is 448 g/mol. The van der Waals surface area contributed by atoms with E-state index in [9.17, 15) is 14.7 Å². The average molecular weight is 470 g/mol. The minimum absolute atomic E-state index is 0.0165. The van der Waals surface area contributed by atoms with Crippen LogP contribution in [0.1, 0.15) is 20.7 Å². The molecular formula is C24H22N8O3. The zero-order chi connectivity index (χ0) is 23.9. The molecule has 1 fully saturated rings. The van der Waals surface area contributed by atoms with Crippen molar-refractivity contribution in [2.75, 3.05) is 49.1 Å². The summed E-state index contributed by atoms with van der Waals surface area (Å²) in [7, 11) is 0. The number of nitrogens with zero attached hydrogens (tertiary/aromatic N) is 8. The second-order valence-electron chi connectivity index (χ2n) is 8.37. The van der Waals surface area contributed by atoms with Crippen LogP contribution in [-0.2, 0) is 0 Å². The van der Waals surface area contributed by atoms with Gasteiger partial charge in [-0.25, -0.2) is 14.6 Å². The molecule has 11 nitrogen and oxygen atoms in total. The van der Waals surface area contributed by atoms with Gasteiger partial charge in [0, 0.05) is 66.0 Å². The molecule has 0 atom stereocenters. The number of aromatic nitrogens is 5. The summed E-state index contributed by atoms with van der Waals surface area (Å²) in [4.78, 5) is 44.4. The Bertz CT molecular complexity index is 1410. The van der Waals surface area contributed by atoms with Crippen LogP contribution in [0.15, 0.2) is 55.2 Å². The molecule has 2 aromatic heterocycles. The van der Waals surface area contributed by atoms with Gasteiger partial charge >= 0.3 is 0 Å². The predicted molar refractivity (Wildman–Crippen MR) is 128 cm³/mol. The molecule has 4 aromatic rings. The van der Waals surface area contributed by atoms with Crippen LogP contribution in [0.2, 0.25) is 0 Å². The Morgan fingerprint density at radius 2 is 1.69 bits per heavy atom. The Labute approximate surface area is 200 Å². The van der Waals surface area contributed by atoms with E-state index < -0.39 is 0 Å². The van der Waals surface area contributed by atoms with Crippen molar-refractivity contribution in [3.63, 3.8) is 0 Å². The van der Waals surface area contributed by atoms with E-state index in [1.165, 1.54) is 6.33 Å². The smallest absolute Gasteiger partial charge is 0.261 e. The fraction of sp³-hybridized carbons (Fsp3) is 0.250. The SMILES string of the molecule is O=C1c2cccc3c(N4CCN(c5nccc(-n6cncn6)n5)CC4)ccc(c23)C(=O)N1CCO. The van der Waals surface area contributed by atoms with Crippen molar-refractivity contribution >= 4 is 34.2 Å². The number of carbonyl (C=O) groups is 2. The Hall–Kier alpha value is -4.38. The summed E-state index contributed by atoms with van der Waals surface area (Å²) < 4.78 is 1.60. The van der Waals surface area contributed by atoms with Crippen LogP contribution in [-0.4, -0.2) is 85.9 Å². The van der Waals surface area contributed by atoms with Gasteiger partial charge in [0.1, 0.15) is 12.7 Å². The first kappa shape index (κ1) is 21.2. The maximum atomic E-state index is 13.0. The molecule has 0 saturated carbocycles. The third kappa shape index (κ3) is 3.48. The molecule has 2 aliphatic heterocycles. The Morgan fingerprint density at radius 1 is 0.914 bits per heavy atom. The topological polar surface area (TPSA) is 121 Å². The summed E-state index contributed by atoms with van der Waals surface area (Å²) in [5.74, 6) is 0.555. The highest BCUT2D eigenvalue weighted by molar-refractivity contribution is 6.26. The van der Waals surface area contributed by atoms with E-state index in [2.05, 4.69) is 29.9 Å². The number of piperazine rings is 1. The number of carbonyl (C=O) groups excluding carboxylic acids is 2. The number of benzene rings is 2. The first-order valence-corrected chi connectivity index (χ1v) is 11.4. The number of hydrogen-bond acceptors (Lipinski definition) is 9. The Balaban J connectivity index is 1.27. The fourth-order valence-electron chi connectivity index (χ4n) is 4.80. The van der Waals surface area contributed by atoms with Gasteiger partial charge in [0.25, 0.3) is 11.8 Å². The summed E-state index contributed by atoms with van der Waals surface area (Å²) in [6.07, 6.45) is 4.78. The highest BCUT2D eigenvalue weighted by Gasteiger charge is 2.33. The second kappa shape index (κ2) is 8.44. The van der Waals surface area contributed by atoms with Gasteiger partial charge in [-0.15, -0.1) is 0 Å². The molecule has 0 aliphatic carbocycles. The highest BCUT2D eigenvalue weighted by Crippen LogP contribution is 2.36. The lowest BCUT2D eigenvalue weighted by Crippen LogP contribution is -2.47. The van der Waals surface area contributed by atoms with Crippen LogP contribution in [0.3, 0.4) is 0 Å². The van der Waals surface area contributed by atoms with Gasteiger partial charge in [0.05, 0.1) is 13.2 Å². The molecule has 0 radical (unpaired) electrons. The van der Waals surface area contributed by atoms with Crippen molar-refractivity contribution < 1.29 is 14.7 Å². The molecule has 176 valence electrons. The van der Waals surface area contributed by atoms with Gasteiger partial charge < -0.3 is 14.9 Å². The van der Waals surface area contributed by atoms with E-state index in [-0.39, 0.29) is 25.0 Å². The largest absolute Gasteiger partial charge is 0.395 e. The maximum Gasteiger partial charge on any atom is 0.261 e. The molecule has 0 spiro atoms. The molecule has 2 amide bonds. The van der Waals surface area contributed by atoms with Crippen LogP contribution in [0.25, 0.3) is 16.6 Å². The van der Waals surface area contributed by atoms with Gasteiger partial charge in [-0.05, 0) is 18.2 Å². The molecule has 1 N–H and O–H groups in total. The number of rotatable bonds is 5. The van der Waals surface area contributed by atoms with Gasteiger partial charge in [0.15, 0.2) is 5.82 Å². The minimum atomic E-state index is -0.367. The highest BCUT2D eigenvalue weighted by atomic mass is 16.3. The molecule has 2 aliphatic rings. The maximum absolute atomic E-state index is 13.0. The first-order valence-electron chi connectivity index (χ1n) is 11.4. The van der Waals surface area contributed by atoms with Crippen LogP contribution in [0.5, 0.6) is 0 Å². The number of aliphatic hydroxyl groups is 1. The number of aliphatic hydroxyl groups excluding tert-OH is 1. The fourth-order valence-corrected chi connectivity index (χ4v) is 4.80. The van der Waals surface area contributed by atoms with Crippen LogP contribution >= 0.6 is 0 Å². The molecule has 35 heavy (non-hydrogen) atoms. The van der Waals surface area contributed by atoms with Crippen LogP contribution < -0.4 is 9.80 Å². The van der Waals surface area contributed by atoms with E-state index in [1.54, 1.807) is 35.4 Å². The van der Waals surface area contributed by atoms with Crippen molar-refractivity contribution in [3.8, 4) is 5.82 Å². The standard InChI is InChI=1S/C24H22N8O3/c33-13-12-31-22(34)17-3-1-2-16-19(5-4-18(21(16)17)23(31)35)29-8-10-30(11-9-29)24-26-7-6-20(28-24)32-15-25-14-27-32/h1-7,14-15,33H,8-13H2. The Kier molecular flexibility index (Phi) is 5.10. The molecule has 0 unspecified atom stereocenters. The summed E-state index contributed by atoms with van der Waals surface area (Å²) in [5.41, 5.74) is 1.97. The van der Waals surface area contributed by atoms with Crippen molar-refractivity contribution in [1.29, 1.82) is 0 Å². The lowest BCUT2D eigenvalue weighted by molar-refractivity contribution is 0.0580. The zero-order valence-electron chi connectivity index (χ0n) is 18.8. The predicted octanol–water partition coefficient (Wildman–Crippen LogP) is 1.13. The zero-order valence-corrected chi connectivity index (χ0v) is 18.8. The number of imide groups is 1. The number of β-amino-alcohol motifs (C(OH)–C–C–N with tert-alkyl or cyclic N) is 1. The normalized spacial score (nSPS) is 15.9. The van der Waals surface area contributed by atoms with Gasteiger partial charge in [-0.1, -0.05) is 12.1 Å². The van der Waals surface area contributed by atoms with Gasteiger partial charge in [-0.3, -0.25) is 14.5 Å². The average Bonchev–Trinajstić information content (AvgIpc) is 3.45. The lowest BCUT2D eigenvalue weighted by atomic mass is 9.92. The molecule has 4 heterocycles. The number of anilines is 2. The van der Waals surface area contributed by atoms with E-state index in [4.69, 9.17) is 0 Å². The van der Waals surface area contributed by atoms with Crippen molar-refractivity contribution in [2.24, 2.45) is 0 Å². The first-order chi connectivity index (χ1) is 17.2. The monoisotopic (exact) mass is 470 g/mol. The number of hydrogen-bond donors (Lipinski definition) is 1. The molecule has 0 bridgehead atoms. The summed E-state index contributed by atoms with van der Waals surface area (Å²) in [5, 5.41) is 15.0. The van der Waals surface area contributed by atoms with Gasteiger partial charge in [-0.2, -0.15) is 10.1 Å². The summed E-state index contributed by atoms with van der Waals surface area (Å²) in [6, 6.07) is 11.1. The van der Waals surface area contributed by atoms with Crippen molar-refractivity contribution in [2.45, 2.75) is 0 Å². The molecule has 1 saturated heterocycles. The van der Waals surface area contributed by atoms with E-state index in [0.29, 0.717) is 41.4 Å². The third-order valence-electron chi connectivity index (χ3n) is 6.48. The van der Waals surface area contributed by atoms with E-state index in [0.717, 1.165) is 29.1 Å². The molecule has 11 heteroatoms. The second-order valence-corrected chi connectivity index (χ2v) is 8.37. The molecule has 6 rings (SSSR count). The quantitative estimate of drug-likeness (QED) is 0.428. The number of amides is 2. The third-order valence-corrected chi connectivity index (χ3v) is 6.48. The van der Waals surface area contributed by atoms with Crippen LogP contribution in [0, 0.1) is 0 Å². The summed E-state index contributed by atoms with van der Waals surface area (Å²) >= 11 is 0. The van der Waals surface area contributed by atoms with Crippen molar-refractivity contribution in [3.05, 3.63) is 66.4 Å². The Morgan fingerprint density at radius 3 is 2.43 bits per heavy atom. The molecule has 2 aromatic carbocycles. The summed E-state index contributed by atoms with van der Waals surface area (Å²) in [6.45, 7) is 2.61.